The Morgan fingerprint density at radius 2 is 1.93 bits per heavy atom. The van der Waals surface area contributed by atoms with Crippen LogP contribution in [0.1, 0.15) is 55.9 Å². The Morgan fingerprint density at radius 3 is 2.77 bits per heavy atom. The van der Waals surface area contributed by atoms with Crippen LogP contribution in [0.15, 0.2) is 30.3 Å². The molecule has 0 unspecified atom stereocenters. The summed E-state index contributed by atoms with van der Waals surface area (Å²) in [6, 6.07) is 9.03. The summed E-state index contributed by atoms with van der Waals surface area (Å²) in [4.78, 5) is 52.9. The number of aromatic nitrogens is 1. The second-order valence-corrected chi connectivity index (χ2v) is 11.1. The van der Waals surface area contributed by atoms with Crippen molar-refractivity contribution < 1.29 is 28.7 Å². The molecule has 4 N–H and O–H groups in total. The maximum Gasteiger partial charge on any atom is 0.344 e. The lowest BCUT2D eigenvalue weighted by molar-refractivity contribution is -0.146. The Kier molecular flexibility index (Phi) is 10.8. The number of carbonyl (C=O) groups excluding carboxylic acids is 4. The van der Waals surface area contributed by atoms with Crippen LogP contribution in [0, 0.1) is 0 Å². The predicted octanol–water partition coefficient (Wildman–Crippen LogP) is 2.53. The minimum atomic E-state index is -0.471. The van der Waals surface area contributed by atoms with E-state index in [0.29, 0.717) is 41.5 Å². The van der Waals surface area contributed by atoms with Crippen LogP contribution in [0.25, 0.3) is 10.9 Å². The number of carbonyl (C=O) groups is 4. The SMILES string of the molecule is CCCCOC(=O)COc1cc(C(=O)NCCNC(=O)CCCC[C@@H]2SC[C@@H]3NC(=O)N[C@@H]32)nc2ccccc12. The molecule has 4 rings (SSSR count). The summed E-state index contributed by atoms with van der Waals surface area (Å²) in [6.45, 7) is 2.63. The van der Waals surface area contributed by atoms with Crippen molar-refractivity contribution in [2.45, 2.75) is 62.8 Å². The summed E-state index contributed by atoms with van der Waals surface area (Å²) >= 11 is 1.87. The van der Waals surface area contributed by atoms with Gasteiger partial charge in [-0.2, -0.15) is 11.8 Å². The van der Waals surface area contributed by atoms with Gasteiger partial charge in [0, 0.05) is 42.0 Å². The second-order valence-electron chi connectivity index (χ2n) is 9.86. The molecule has 0 spiro atoms. The zero-order valence-corrected chi connectivity index (χ0v) is 23.5. The van der Waals surface area contributed by atoms with Crippen LogP contribution >= 0.6 is 11.8 Å². The number of hydrogen-bond donors (Lipinski definition) is 4. The minimum absolute atomic E-state index is 0.0626. The summed E-state index contributed by atoms with van der Waals surface area (Å²) in [7, 11) is 0. The van der Waals surface area contributed by atoms with E-state index in [1.807, 2.05) is 36.9 Å². The molecule has 3 atom stereocenters. The summed E-state index contributed by atoms with van der Waals surface area (Å²) in [5.74, 6) is 0.358. The van der Waals surface area contributed by atoms with Crippen molar-refractivity contribution in [1.29, 1.82) is 0 Å². The van der Waals surface area contributed by atoms with Crippen LogP contribution in [0.4, 0.5) is 4.79 Å². The van der Waals surface area contributed by atoms with Gasteiger partial charge >= 0.3 is 12.0 Å². The first-order valence-corrected chi connectivity index (χ1v) is 14.9. The molecule has 40 heavy (non-hydrogen) atoms. The number of thioether (sulfide) groups is 1. The predicted molar refractivity (Wildman–Crippen MR) is 152 cm³/mol. The van der Waals surface area contributed by atoms with E-state index < -0.39 is 11.9 Å². The van der Waals surface area contributed by atoms with Crippen LogP contribution in [-0.4, -0.2) is 78.2 Å². The van der Waals surface area contributed by atoms with Gasteiger partial charge < -0.3 is 30.7 Å². The van der Waals surface area contributed by atoms with Gasteiger partial charge in [0.1, 0.15) is 11.4 Å². The van der Waals surface area contributed by atoms with Crippen LogP contribution < -0.4 is 26.0 Å². The lowest BCUT2D eigenvalue weighted by atomic mass is 10.0. The van der Waals surface area contributed by atoms with Crippen molar-refractivity contribution in [2.75, 3.05) is 32.1 Å². The fourth-order valence-corrected chi connectivity index (χ4v) is 6.26. The highest BCUT2D eigenvalue weighted by molar-refractivity contribution is 8.00. The van der Waals surface area contributed by atoms with E-state index in [1.54, 1.807) is 6.07 Å². The van der Waals surface area contributed by atoms with Crippen molar-refractivity contribution in [3.63, 3.8) is 0 Å². The average Bonchev–Trinajstić information content (AvgIpc) is 3.51. The molecule has 2 saturated heterocycles. The number of nitrogens with one attached hydrogen (secondary N) is 4. The number of pyridine rings is 1. The molecule has 2 fully saturated rings. The fraction of sp³-hybridized carbons (Fsp3) is 0.536. The Morgan fingerprint density at radius 1 is 1.10 bits per heavy atom. The van der Waals surface area contributed by atoms with Gasteiger partial charge in [0.05, 0.1) is 24.2 Å². The normalized spacial score (nSPS) is 19.4. The number of unbranched alkanes of at least 4 members (excludes halogenated alkanes) is 2. The number of hydrogen-bond acceptors (Lipinski definition) is 8. The maximum atomic E-state index is 12.8. The van der Waals surface area contributed by atoms with E-state index in [9.17, 15) is 19.2 Å². The molecule has 1 aromatic heterocycles. The quantitative estimate of drug-likeness (QED) is 0.145. The molecule has 216 valence electrons. The van der Waals surface area contributed by atoms with Gasteiger partial charge in [-0.05, 0) is 31.4 Å². The topological polar surface area (TPSA) is 148 Å². The largest absolute Gasteiger partial charge is 0.481 e. The van der Waals surface area contributed by atoms with Gasteiger partial charge in [-0.3, -0.25) is 9.59 Å². The molecule has 0 bridgehead atoms. The number of para-hydroxylation sites is 1. The highest BCUT2D eigenvalue weighted by Gasteiger charge is 2.42. The summed E-state index contributed by atoms with van der Waals surface area (Å²) in [5, 5.41) is 12.6. The van der Waals surface area contributed by atoms with Crippen molar-refractivity contribution >= 4 is 46.5 Å². The molecule has 2 aromatic rings. The van der Waals surface area contributed by atoms with Crippen molar-refractivity contribution in [2.24, 2.45) is 0 Å². The zero-order chi connectivity index (χ0) is 28.3. The number of fused-ring (bicyclic) bond motifs is 2. The lowest BCUT2D eigenvalue weighted by Gasteiger charge is -2.16. The van der Waals surface area contributed by atoms with Crippen LogP contribution in [0.2, 0.25) is 0 Å². The summed E-state index contributed by atoms with van der Waals surface area (Å²) < 4.78 is 10.8. The number of esters is 1. The molecule has 11 nitrogen and oxygen atoms in total. The van der Waals surface area contributed by atoms with E-state index in [-0.39, 0.29) is 42.9 Å². The monoisotopic (exact) mass is 571 g/mol. The van der Waals surface area contributed by atoms with Gasteiger partial charge in [-0.15, -0.1) is 0 Å². The first-order chi connectivity index (χ1) is 19.4. The van der Waals surface area contributed by atoms with Gasteiger partial charge in [-0.1, -0.05) is 31.9 Å². The highest BCUT2D eigenvalue weighted by Crippen LogP contribution is 2.33. The van der Waals surface area contributed by atoms with E-state index in [2.05, 4.69) is 26.3 Å². The Bertz CT molecular complexity index is 1210. The fourth-order valence-electron chi connectivity index (χ4n) is 4.72. The molecule has 1 aromatic carbocycles. The Balaban J connectivity index is 1.17. The second kappa shape index (κ2) is 14.7. The van der Waals surface area contributed by atoms with Gasteiger partial charge in [0.15, 0.2) is 6.61 Å². The standard InChI is InChI=1S/C28H37N5O6S/c1-2-3-14-38-25(35)16-39-22-15-20(31-19-9-5-4-8-18(19)22)27(36)30-13-12-29-24(34)11-7-6-10-23-26-21(17-40-23)32-28(37)33-26/h4-5,8-9,15,21,23,26H,2-3,6-7,10-14,16-17H2,1H3,(H,29,34)(H,30,36)(H2,32,33,37)/t21-,23-,26-/m0/s1. The number of ether oxygens (including phenoxy) is 2. The zero-order valence-electron chi connectivity index (χ0n) is 22.7. The number of urea groups is 1. The number of nitrogens with zero attached hydrogens (tertiary/aromatic N) is 1. The minimum Gasteiger partial charge on any atom is -0.481 e. The third kappa shape index (κ3) is 8.23. The third-order valence-corrected chi connectivity index (χ3v) is 8.34. The van der Waals surface area contributed by atoms with E-state index in [0.717, 1.165) is 37.9 Å². The van der Waals surface area contributed by atoms with Gasteiger partial charge in [0.2, 0.25) is 5.91 Å². The van der Waals surface area contributed by atoms with E-state index >= 15 is 0 Å². The number of amides is 4. The molecule has 3 heterocycles. The van der Waals surface area contributed by atoms with Crippen LogP contribution in [0.3, 0.4) is 0 Å². The molecule has 0 aliphatic carbocycles. The summed E-state index contributed by atoms with van der Waals surface area (Å²) in [6.07, 6.45) is 4.76. The molecule has 4 amide bonds. The van der Waals surface area contributed by atoms with E-state index in [1.165, 1.54) is 6.07 Å². The Labute approximate surface area is 237 Å². The van der Waals surface area contributed by atoms with Gasteiger partial charge in [0.25, 0.3) is 5.91 Å². The van der Waals surface area contributed by atoms with Crippen LogP contribution in [-0.2, 0) is 14.3 Å². The molecule has 0 saturated carbocycles. The first kappa shape index (κ1) is 29.4. The Hall–Kier alpha value is -3.54. The number of benzene rings is 1. The molecule has 12 heteroatoms. The molecule has 0 radical (unpaired) electrons. The van der Waals surface area contributed by atoms with Crippen molar-refractivity contribution in [3.8, 4) is 5.75 Å². The van der Waals surface area contributed by atoms with Crippen LogP contribution in [0.5, 0.6) is 5.75 Å². The van der Waals surface area contributed by atoms with Crippen molar-refractivity contribution in [1.82, 2.24) is 26.3 Å². The molecule has 2 aliphatic rings. The molecular formula is C28H37N5O6S. The first-order valence-electron chi connectivity index (χ1n) is 13.9. The number of rotatable bonds is 15. The maximum absolute atomic E-state index is 12.8. The molecular weight excluding hydrogens is 534 g/mol. The third-order valence-electron chi connectivity index (χ3n) is 6.83. The average molecular weight is 572 g/mol. The molecule has 2 aliphatic heterocycles. The van der Waals surface area contributed by atoms with Gasteiger partial charge in [-0.25, -0.2) is 14.6 Å². The highest BCUT2D eigenvalue weighted by atomic mass is 32.2. The van der Waals surface area contributed by atoms with E-state index in [4.69, 9.17) is 9.47 Å². The smallest absolute Gasteiger partial charge is 0.344 e. The van der Waals surface area contributed by atoms with Crippen molar-refractivity contribution in [3.05, 3.63) is 36.0 Å². The summed E-state index contributed by atoms with van der Waals surface area (Å²) in [5.41, 5.74) is 0.718. The lowest BCUT2D eigenvalue weighted by Crippen LogP contribution is -2.36.